The normalized spacial score (nSPS) is 10.9. The average molecular weight is 294 g/mol. The average Bonchev–Trinajstić information content (AvgIpc) is 2.42. The van der Waals surface area contributed by atoms with Crippen LogP contribution in [-0.2, 0) is 0 Å². The highest BCUT2D eigenvalue weighted by Gasteiger charge is 2.18. The zero-order valence-electron chi connectivity index (χ0n) is 10.9. The van der Waals surface area contributed by atoms with Crippen molar-refractivity contribution >= 4 is 23.2 Å². The lowest BCUT2D eigenvalue weighted by Crippen LogP contribution is -2.23. The highest BCUT2D eigenvalue weighted by Crippen LogP contribution is 2.32. The van der Waals surface area contributed by atoms with Crippen LogP contribution in [0.1, 0.15) is 30.5 Å². The van der Waals surface area contributed by atoms with Gasteiger partial charge in [0, 0.05) is 10.0 Å². The summed E-state index contributed by atoms with van der Waals surface area (Å²) in [6.45, 7) is 3.06. The Morgan fingerprint density at radius 3 is 1.79 bits per heavy atom. The van der Waals surface area contributed by atoms with Crippen LogP contribution >= 0.6 is 23.2 Å². The van der Waals surface area contributed by atoms with Crippen LogP contribution in [0.4, 0.5) is 0 Å². The van der Waals surface area contributed by atoms with E-state index in [9.17, 15) is 0 Å². The molecule has 0 saturated carbocycles. The van der Waals surface area contributed by atoms with Gasteiger partial charge in [-0.1, -0.05) is 66.5 Å². The van der Waals surface area contributed by atoms with E-state index in [0.717, 1.165) is 34.1 Å². The molecule has 0 aliphatic rings. The lowest BCUT2D eigenvalue weighted by Gasteiger charge is -2.21. The molecule has 0 heterocycles. The number of halogens is 2. The third-order valence-corrected chi connectivity index (χ3v) is 3.72. The molecule has 0 fully saturated rings. The minimum absolute atomic E-state index is 0.0300. The molecule has 1 nitrogen and oxygen atoms in total. The first-order valence-corrected chi connectivity index (χ1v) is 7.22. The molecular formula is C16H17Cl2N. The summed E-state index contributed by atoms with van der Waals surface area (Å²) in [4.78, 5) is 0. The first-order chi connectivity index (χ1) is 9.24. The number of benzene rings is 2. The van der Waals surface area contributed by atoms with E-state index < -0.39 is 0 Å². The fraction of sp³-hybridized carbons (Fsp3) is 0.250. The van der Waals surface area contributed by atoms with E-state index in [1.807, 2.05) is 48.5 Å². The van der Waals surface area contributed by atoms with E-state index in [1.54, 1.807) is 0 Å². The van der Waals surface area contributed by atoms with Crippen molar-refractivity contribution in [3.8, 4) is 0 Å². The number of rotatable bonds is 5. The summed E-state index contributed by atoms with van der Waals surface area (Å²) in [5.41, 5.74) is 2.12. The van der Waals surface area contributed by atoms with Gasteiger partial charge in [0.25, 0.3) is 0 Å². The van der Waals surface area contributed by atoms with Crippen LogP contribution < -0.4 is 5.32 Å². The van der Waals surface area contributed by atoms with Gasteiger partial charge in [-0.15, -0.1) is 0 Å². The van der Waals surface area contributed by atoms with Crippen LogP contribution in [0.15, 0.2) is 48.5 Å². The van der Waals surface area contributed by atoms with Crippen LogP contribution in [-0.4, -0.2) is 6.54 Å². The van der Waals surface area contributed by atoms with Gasteiger partial charge in [0.05, 0.1) is 6.04 Å². The Hall–Kier alpha value is -1.02. The molecule has 1 N–H and O–H groups in total. The molecule has 0 saturated heterocycles. The zero-order valence-corrected chi connectivity index (χ0v) is 12.4. The third kappa shape index (κ3) is 3.50. The molecule has 0 amide bonds. The van der Waals surface area contributed by atoms with E-state index in [1.165, 1.54) is 0 Å². The van der Waals surface area contributed by atoms with Crippen LogP contribution in [0.25, 0.3) is 0 Å². The fourth-order valence-electron chi connectivity index (χ4n) is 2.09. The molecule has 19 heavy (non-hydrogen) atoms. The standard InChI is InChI=1S/C16H17Cl2N/c1-2-11-19-16(12-7-3-5-9-14(12)17)13-8-4-6-10-15(13)18/h3-10,16,19H,2,11H2,1H3. The summed E-state index contributed by atoms with van der Waals surface area (Å²) < 4.78 is 0. The molecule has 2 rings (SSSR count). The lowest BCUT2D eigenvalue weighted by atomic mass is 9.98. The van der Waals surface area contributed by atoms with Gasteiger partial charge in [-0.3, -0.25) is 0 Å². The highest BCUT2D eigenvalue weighted by atomic mass is 35.5. The molecule has 100 valence electrons. The van der Waals surface area contributed by atoms with Gasteiger partial charge in [0.15, 0.2) is 0 Å². The van der Waals surface area contributed by atoms with Gasteiger partial charge in [-0.25, -0.2) is 0 Å². The molecular weight excluding hydrogens is 277 g/mol. The second-order valence-corrected chi connectivity index (χ2v) is 5.24. The Morgan fingerprint density at radius 2 is 1.37 bits per heavy atom. The summed E-state index contributed by atoms with van der Waals surface area (Å²) >= 11 is 12.6. The van der Waals surface area contributed by atoms with E-state index in [2.05, 4.69) is 12.2 Å². The Bertz CT molecular complexity index is 494. The second kappa shape index (κ2) is 6.95. The van der Waals surface area contributed by atoms with E-state index >= 15 is 0 Å². The SMILES string of the molecule is CCCNC(c1ccccc1Cl)c1ccccc1Cl. The smallest absolute Gasteiger partial charge is 0.0606 e. The summed E-state index contributed by atoms with van der Waals surface area (Å²) in [7, 11) is 0. The van der Waals surface area contributed by atoms with Gasteiger partial charge in [-0.05, 0) is 36.2 Å². The summed E-state index contributed by atoms with van der Waals surface area (Å²) in [6, 6.07) is 15.8. The van der Waals surface area contributed by atoms with Crippen LogP contribution in [0.3, 0.4) is 0 Å². The minimum Gasteiger partial charge on any atom is -0.306 e. The first-order valence-electron chi connectivity index (χ1n) is 6.46. The number of hydrogen-bond donors (Lipinski definition) is 1. The van der Waals surface area contributed by atoms with Gasteiger partial charge in [0.1, 0.15) is 0 Å². The quantitative estimate of drug-likeness (QED) is 0.810. The third-order valence-electron chi connectivity index (χ3n) is 3.03. The monoisotopic (exact) mass is 293 g/mol. The number of nitrogens with one attached hydrogen (secondary N) is 1. The van der Waals surface area contributed by atoms with Crippen molar-refractivity contribution < 1.29 is 0 Å². The van der Waals surface area contributed by atoms with Crippen molar-refractivity contribution in [3.05, 3.63) is 69.7 Å². The summed E-state index contributed by atoms with van der Waals surface area (Å²) in [6.07, 6.45) is 1.06. The molecule has 0 unspecified atom stereocenters. The van der Waals surface area contributed by atoms with E-state index in [-0.39, 0.29) is 6.04 Å². The maximum Gasteiger partial charge on any atom is 0.0606 e. The molecule has 0 atom stereocenters. The molecule has 0 bridgehead atoms. The lowest BCUT2D eigenvalue weighted by molar-refractivity contribution is 0.599. The van der Waals surface area contributed by atoms with E-state index in [4.69, 9.17) is 23.2 Å². The van der Waals surface area contributed by atoms with Crippen molar-refractivity contribution in [1.82, 2.24) is 5.32 Å². The Balaban J connectivity index is 2.42. The predicted molar refractivity (Wildman–Crippen MR) is 83.0 cm³/mol. The molecule has 0 aromatic heterocycles. The molecule has 0 spiro atoms. The maximum absolute atomic E-state index is 6.32. The van der Waals surface area contributed by atoms with Crippen molar-refractivity contribution in [1.29, 1.82) is 0 Å². The van der Waals surface area contributed by atoms with E-state index in [0.29, 0.717) is 0 Å². The van der Waals surface area contributed by atoms with Gasteiger partial charge in [-0.2, -0.15) is 0 Å². The maximum atomic E-state index is 6.32. The largest absolute Gasteiger partial charge is 0.306 e. The van der Waals surface area contributed by atoms with Crippen LogP contribution in [0.5, 0.6) is 0 Å². The zero-order chi connectivity index (χ0) is 13.7. The van der Waals surface area contributed by atoms with Crippen LogP contribution in [0, 0.1) is 0 Å². The molecule has 3 heteroatoms. The Labute approximate surface area is 124 Å². The van der Waals surface area contributed by atoms with Crippen LogP contribution in [0.2, 0.25) is 10.0 Å². The molecule has 0 aliphatic heterocycles. The van der Waals surface area contributed by atoms with Crippen molar-refractivity contribution in [3.63, 3.8) is 0 Å². The molecule has 2 aromatic rings. The van der Waals surface area contributed by atoms with Crippen molar-refractivity contribution in [2.24, 2.45) is 0 Å². The predicted octanol–water partition coefficient (Wildman–Crippen LogP) is 5.08. The topological polar surface area (TPSA) is 12.0 Å². The molecule has 0 radical (unpaired) electrons. The molecule has 0 aliphatic carbocycles. The minimum atomic E-state index is 0.0300. The van der Waals surface area contributed by atoms with Gasteiger partial charge >= 0.3 is 0 Å². The summed E-state index contributed by atoms with van der Waals surface area (Å²) in [5, 5.41) is 5.04. The van der Waals surface area contributed by atoms with Gasteiger partial charge in [0.2, 0.25) is 0 Å². The van der Waals surface area contributed by atoms with Gasteiger partial charge < -0.3 is 5.32 Å². The summed E-state index contributed by atoms with van der Waals surface area (Å²) in [5.74, 6) is 0. The number of hydrogen-bond acceptors (Lipinski definition) is 1. The fourth-order valence-corrected chi connectivity index (χ4v) is 2.58. The van der Waals surface area contributed by atoms with Crippen molar-refractivity contribution in [2.75, 3.05) is 6.54 Å². The van der Waals surface area contributed by atoms with Crippen molar-refractivity contribution in [2.45, 2.75) is 19.4 Å². The Morgan fingerprint density at radius 1 is 0.895 bits per heavy atom. The second-order valence-electron chi connectivity index (χ2n) is 4.43. The highest BCUT2D eigenvalue weighted by molar-refractivity contribution is 6.32. The Kier molecular flexibility index (Phi) is 5.26. The first kappa shape index (κ1) is 14.4. The molecule has 2 aromatic carbocycles.